The molecule has 0 fully saturated rings. The van der Waals surface area contributed by atoms with Crippen molar-refractivity contribution >= 4 is 11.7 Å². The molecule has 0 radical (unpaired) electrons. The number of halogens is 7. The van der Waals surface area contributed by atoms with Crippen molar-refractivity contribution < 1.29 is 40.6 Å². The maximum absolute atomic E-state index is 13.6. The van der Waals surface area contributed by atoms with Crippen molar-refractivity contribution in [3.05, 3.63) is 101 Å². The summed E-state index contributed by atoms with van der Waals surface area (Å²) >= 11 is 0. The van der Waals surface area contributed by atoms with Gasteiger partial charge in [-0.2, -0.15) is 31.4 Å². The second kappa shape index (κ2) is 9.60. The number of hydrogen-bond acceptors (Lipinski definition) is 3. The van der Waals surface area contributed by atoms with Crippen molar-refractivity contribution in [3.63, 3.8) is 0 Å². The van der Waals surface area contributed by atoms with E-state index in [9.17, 15) is 35.5 Å². The predicted molar refractivity (Wildman–Crippen MR) is 120 cm³/mol. The lowest BCUT2D eigenvalue weighted by Crippen LogP contribution is -2.11. The average molecular weight is 523 g/mol. The Bertz CT molecular complexity index is 1410. The highest BCUT2D eigenvalue weighted by Gasteiger charge is 2.37. The molecule has 0 spiro atoms. The zero-order valence-corrected chi connectivity index (χ0v) is 18.5. The van der Waals surface area contributed by atoms with Crippen molar-refractivity contribution in [1.82, 2.24) is 9.78 Å². The summed E-state index contributed by atoms with van der Waals surface area (Å²) in [6.07, 6.45) is -8.72. The molecule has 192 valence electrons. The van der Waals surface area contributed by atoms with Gasteiger partial charge in [0.05, 0.1) is 28.1 Å². The molecule has 1 heterocycles. The van der Waals surface area contributed by atoms with E-state index in [4.69, 9.17) is 5.11 Å². The third-order valence-electron chi connectivity index (χ3n) is 5.34. The van der Waals surface area contributed by atoms with E-state index < -0.39 is 40.8 Å². The summed E-state index contributed by atoms with van der Waals surface area (Å²) in [5.74, 6) is -1.73. The SMILES string of the molecule is O=C(O)c1ccc(-n2cc(CNc3cccc(F)c3)c(-c3cc(C(F)(F)F)cc(C(F)(F)F)c3)n2)cc1. The van der Waals surface area contributed by atoms with Crippen LogP contribution in [0.25, 0.3) is 16.9 Å². The van der Waals surface area contributed by atoms with Gasteiger partial charge < -0.3 is 10.4 Å². The van der Waals surface area contributed by atoms with Gasteiger partial charge in [0, 0.05) is 29.6 Å². The summed E-state index contributed by atoms with van der Waals surface area (Å²) in [5, 5.41) is 16.2. The molecule has 0 bridgehead atoms. The molecule has 4 aromatic rings. The van der Waals surface area contributed by atoms with E-state index in [-0.39, 0.29) is 29.4 Å². The number of carbonyl (C=O) groups is 1. The van der Waals surface area contributed by atoms with Gasteiger partial charge >= 0.3 is 18.3 Å². The Labute approximate surface area is 204 Å². The molecule has 0 atom stereocenters. The van der Waals surface area contributed by atoms with E-state index in [2.05, 4.69) is 10.4 Å². The largest absolute Gasteiger partial charge is 0.478 e. The van der Waals surface area contributed by atoms with Gasteiger partial charge in [0.15, 0.2) is 0 Å². The first-order chi connectivity index (χ1) is 17.3. The Morgan fingerprint density at radius 1 is 0.892 bits per heavy atom. The van der Waals surface area contributed by atoms with Gasteiger partial charge in [-0.05, 0) is 60.7 Å². The Kier molecular flexibility index (Phi) is 6.68. The van der Waals surface area contributed by atoms with E-state index in [1.165, 1.54) is 59.4 Å². The Hall–Kier alpha value is -4.35. The fourth-order valence-electron chi connectivity index (χ4n) is 3.56. The van der Waals surface area contributed by atoms with Crippen LogP contribution in [0, 0.1) is 5.82 Å². The molecule has 1 aromatic heterocycles. The zero-order chi connectivity index (χ0) is 27.0. The van der Waals surface area contributed by atoms with E-state index in [0.717, 1.165) is 0 Å². The molecule has 3 aromatic carbocycles. The van der Waals surface area contributed by atoms with Gasteiger partial charge in [-0.3, -0.25) is 0 Å². The van der Waals surface area contributed by atoms with Crippen LogP contribution in [0.3, 0.4) is 0 Å². The maximum atomic E-state index is 13.6. The lowest BCUT2D eigenvalue weighted by atomic mass is 10.0. The molecule has 0 saturated heterocycles. The second-order valence-corrected chi connectivity index (χ2v) is 7.96. The Morgan fingerprint density at radius 3 is 2.05 bits per heavy atom. The summed E-state index contributed by atoms with van der Waals surface area (Å²) in [7, 11) is 0. The number of rotatable bonds is 6. The number of aromatic nitrogens is 2. The first-order valence-electron chi connectivity index (χ1n) is 10.5. The number of anilines is 1. The van der Waals surface area contributed by atoms with E-state index >= 15 is 0 Å². The van der Waals surface area contributed by atoms with Gasteiger partial charge in [0.2, 0.25) is 0 Å². The molecule has 0 amide bonds. The Morgan fingerprint density at radius 2 is 1.51 bits per heavy atom. The first kappa shape index (κ1) is 25.7. The number of carboxylic acid groups (broad SMARTS) is 1. The highest BCUT2D eigenvalue weighted by atomic mass is 19.4. The Balaban J connectivity index is 1.83. The number of alkyl halides is 6. The second-order valence-electron chi connectivity index (χ2n) is 7.96. The van der Waals surface area contributed by atoms with Gasteiger partial charge in [-0.15, -0.1) is 0 Å². The smallest absolute Gasteiger partial charge is 0.416 e. The summed E-state index contributed by atoms with van der Waals surface area (Å²) in [6, 6.07) is 11.8. The van der Waals surface area contributed by atoms with Crippen molar-refractivity contribution in [1.29, 1.82) is 0 Å². The van der Waals surface area contributed by atoms with Gasteiger partial charge in [0.25, 0.3) is 0 Å². The summed E-state index contributed by atoms with van der Waals surface area (Å²) in [6.45, 7) is -0.121. The van der Waals surface area contributed by atoms with Crippen molar-refractivity contribution in [2.45, 2.75) is 18.9 Å². The van der Waals surface area contributed by atoms with Crippen molar-refractivity contribution in [2.75, 3.05) is 5.32 Å². The van der Waals surface area contributed by atoms with Crippen LogP contribution >= 0.6 is 0 Å². The van der Waals surface area contributed by atoms with Crippen molar-refractivity contribution in [2.24, 2.45) is 0 Å². The van der Waals surface area contributed by atoms with Crippen molar-refractivity contribution in [3.8, 4) is 16.9 Å². The standard InChI is InChI=1S/C25H16F7N3O2/c26-19-2-1-3-20(11-19)33-12-16-13-35(21-6-4-14(5-7-21)23(36)37)34-22(16)15-8-17(24(27,28)29)10-18(9-15)25(30,31)32/h1-11,13,33H,12H2,(H,36,37). The maximum Gasteiger partial charge on any atom is 0.416 e. The third-order valence-corrected chi connectivity index (χ3v) is 5.34. The molecular weight excluding hydrogens is 507 g/mol. The minimum atomic E-state index is -5.05. The predicted octanol–water partition coefficient (Wildman–Crippen LogP) is 7.03. The molecular formula is C25H16F7N3O2. The minimum Gasteiger partial charge on any atom is -0.478 e. The van der Waals surface area contributed by atoms with Gasteiger partial charge in [0.1, 0.15) is 5.82 Å². The highest BCUT2D eigenvalue weighted by molar-refractivity contribution is 5.87. The van der Waals surface area contributed by atoms with E-state index in [1.54, 1.807) is 0 Å². The number of nitrogens with one attached hydrogen (secondary N) is 1. The first-order valence-corrected chi connectivity index (χ1v) is 10.5. The number of benzene rings is 3. The lowest BCUT2D eigenvalue weighted by Gasteiger charge is -2.14. The zero-order valence-electron chi connectivity index (χ0n) is 18.5. The number of carboxylic acids is 1. The molecule has 0 unspecified atom stereocenters. The summed E-state index contributed by atoms with van der Waals surface area (Å²) < 4.78 is 95.4. The fraction of sp³-hybridized carbons (Fsp3) is 0.120. The quantitative estimate of drug-likeness (QED) is 0.267. The normalized spacial score (nSPS) is 12.0. The summed E-state index contributed by atoms with van der Waals surface area (Å²) in [5.41, 5.74) is -2.79. The third kappa shape index (κ3) is 5.90. The van der Waals surface area contributed by atoms with Crippen LogP contribution < -0.4 is 5.32 Å². The number of hydrogen-bond donors (Lipinski definition) is 2. The van der Waals surface area contributed by atoms with Crippen LogP contribution in [0.15, 0.2) is 72.9 Å². The number of aromatic carboxylic acids is 1. The molecule has 0 aliphatic heterocycles. The van der Waals surface area contributed by atoms with E-state index in [0.29, 0.717) is 23.5 Å². The van der Waals surface area contributed by atoms with Crippen LogP contribution in [-0.2, 0) is 18.9 Å². The van der Waals surface area contributed by atoms with Gasteiger partial charge in [-0.25, -0.2) is 13.9 Å². The lowest BCUT2D eigenvalue weighted by molar-refractivity contribution is -0.143. The van der Waals surface area contributed by atoms with Crippen LogP contribution in [-0.4, -0.2) is 20.9 Å². The fourth-order valence-corrected chi connectivity index (χ4v) is 3.56. The molecule has 0 aliphatic rings. The highest BCUT2D eigenvalue weighted by Crippen LogP contribution is 2.39. The average Bonchev–Trinajstić information content (AvgIpc) is 3.26. The number of nitrogens with zero attached hydrogens (tertiary/aromatic N) is 2. The van der Waals surface area contributed by atoms with Gasteiger partial charge in [-0.1, -0.05) is 6.07 Å². The topological polar surface area (TPSA) is 67.2 Å². The molecule has 4 rings (SSSR count). The molecule has 5 nitrogen and oxygen atoms in total. The monoisotopic (exact) mass is 523 g/mol. The molecule has 37 heavy (non-hydrogen) atoms. The minimum absolute atomic E-state index is 0.0236. The summed E-state index contributed by atoms with van der Waals surface area (Å²) in [4.78, 5) is 11.1. The van der Waals surface area contributed by atoms with Crippen LogP contribution in [0.5, 0.6) is 0 Å². The molecule has 0 saturated carbocycles. The van der Waals surface area contributed by atoms with E-state index in [1.807, 2.05) is 0 Å². The van der Waals surface area contributed by atoms with Crippen LogP contribution in [0.2, 0.25) is 0 Å². The van der Waals surface area contributed by atoms with Crippen LogP contribution in [0.1, 0.15) is 27.0 Å². The molecule has 2 N–H and O–H groups in total. The van der Waals surface area contributed by atoms with Crippen LogP contribution in [0.4, 0.5) is 36.4 Å². The molecule has 0 aliphatic carbocycles. The molecule has 12 heteroatoms.